The lowest BCUT2D eigenvalue weighted by molar-refractivity contribution is -0.667. The van der Waals surface area contributed by atoms with Gasteiger partial charge in [-0.25, -0.2) is 10.4 Å². The normalized spacial score (nSPS) is 22.4. The summed E-state index contributed by atoms with van der Waals surface area (Å²) in [6.07, 6.45) is 3.41. The predicted octanol–water partition coefficient (Wildman–Crippen LogP) is 0.0989. The minimum atomic E-state index is -0.731. The maximum atomic E-state index is 10.7. The van der Waals surface area contributed by atoms with E-state index in [1.54, 1.807) is 0 Å². The fourth-order valence-corrected chi connectivity index (χ4v) is 2.70. The van der Waals surface area contributed by atoms with Gasteiger partial charge in [0.2, 0.25) is 0 Å². The number of piperidine rings is 1. The van der Waals surface area contributed by atoms with E-state index in [1.807, 2.05) is 40.9 Å². The van der Waals surface area contributed by atoms with Gasteiger partial charge in [0, 0.05) is 5.02 Å². The highest BCUT2D eigenvalue weighted by atomic mass is 35.5. The molecule has 3 rings (SSSR count). The standard InChI is InChI=1S/C13H17ClN4O/c14-10-2-1-3-11(8-10)18-9-12(16-17-18)13(19)4-6-15-7-5-13/h1-3,8-9,15-17,19H,4-7H2/p+1. The van der Waals surface area contributed by atoms with E-state index in [-0.39, 0.29) is 0 Å². The fraction of sp³-hybridized carbons (Fsp3) is 0.385. The van der Waals surface area contributed by atoms with Crippen LogP contribution in [-0.4, -0.2) is 23.8 Å². The average Bonchev–Trinajstić information content (AvgIpc) is 2.90. The van der Waals surface area contributed by atoms with E-state index in [9.17, 15) is 5.11 Å². The molecule has 5 N–H and O–H groups in total. The summed E-state index contributed by atoms with van der Waals surface area (Å²) in [5.74, 6) is 0. The molecule has 19 heavy (non-hydrogen) atoms. The van der Waals surface area contributed by atoms with Crippen molar-refractivity contribution < 1.29 is 10.5 Å². The first-order valence-corrected chi connectivity index (χ1v) is 6.85. The van der Waals surface area contributed by atoms with E-state index in [0.717, 1.165) is 37.3 Å². The lowest BCUT2D eigenvalue weighted by Gasteiger charge is -2.30. The molecule has 5 nitrogen and oxygen atoms in total. The van der Waals surface area contributed by atoms with Crippen molar-refractivity contribution in [2.24, 2.45) is 0 Å². The maximum absolute atomic E-state index is 10.7. The Balaban J connectivity index is 1.81. The molecule has 0 amide bonds. The second kappa shape index (κ2) is 5.11. The van der Waals surface area contributed by atoms with E-state index in [2.05, 4.69) is 10.9 Å². The number of nitrogens with two attached hydrogens (primary N) is 1. The van der Waals surface area contributed by atoms with Gasteiger partial charge >= 0.3 is 0 Å². The quantitative estimate of drug-likeness (QED) is 0.581. The first kappa shape index (κ1) is 12.9. The molecule has 0 radical (unpaired) electrons. The summed E-state index contributed by atoms with van der Waals surface area (Å²) in [4.78, 5) is 0. The molecule has 0 aromatic heterocycles. The summed E-state index contributed by atoms with van der Waals surface area (Å²) in [6, 6.07) is 7.60. The number of halogens is 1. The molecule has 2 aliphatic rings. The summed E-state index contributed by atoms with van der Waals surface area (Å²) in [5, 5.41) is 16.5. The molecule has 2 aliphatic heterocycles. The number of benzene rings is 1. The van der Waals surface area contributed by atoms with Crippen molar-refractivity contribution in [3.8, 4) is 0 Å². The topological polar surface area (TPSA) is 64.1 Å². The number of hydrogen-bond donors (Lipinski definition) is 4. The number of aliphatic hydroxyl groups is 1. The molecule has 0 bridgehead atoms. The van der Waals surface area contributed by atoms with E-state index >= 15 is 0 Å². The minimum absolute atomic E-state index is 0.696. The zero-order chi connectivity index (χ0) is 13.3. The van der Waals surface area contributed by atoms with E-state index in [4.69, 9.17) is 11.6 Å². The smallest absolute Gasteiger partial charge is 0.176 e. The van der Waals surface area contributed by atoms with Crippen molar-refractivity contribution in [2.45, 2.75) is 18.4 Å². The Hall–Kier alpha value is -1.11. The monoisotopic (exact) mass is 281 g/mol. The molecule has 6 heteroatoms. The van der Waals surface area contributed by atoms with Gasteiger partial charge in [-0.15, -0.1) is 0 Å². The van der Waals surface area contributed by atoms with E-state index in [1.165, 1.54) is 0 Å². The second-order valence-corrected chi connectivity index (χ2v) is 5.43. The van der Waals surface area contributed by atoms with Crippen LogP contribution in [0.2, 0.25) is 5.02 Å². The van der Waals surface area contributed by atoms with Crippen molar-refractivity contribution in [1.82, 2.24) is 10.9 Å². The Bertz CT molecular complexity index is 499. The SMILES string of the molecule is OC1(C2=CN(c3cccc(Cl)c3)N[NH2+]2)CCNCC1. The molecule has 1 saturated heterocycles. The highest BCUT2D eigenvalue weighted by Gasteiger charge is 2.40. The van der Waals surface area contributed by atoms with Crippen LogP contribution in [0, 0.1) is 0 Å². The van der Waals surface area contributed by atoms with Gasteiger partial charge in [-0.05, 0) is 44.1 Å². The van der Waals surface area contributed by atoms with Crippen LogP contribution in [0.25, 0.3) is 0 Å². The molecule has 0 unspecified atom stereocenters. The van der Waals surface area contributed by atoms with Crippen LogP contribution in [0.1, 0.15) is 12.8 Å². The third-order valence-corrected chi connectivity index (χ3v) is 3.92. The first-order valence-electron chi connectivity index (χ1n) is 6.47. The van der Waals surface area contributed by atoms with Crippen LogP contribution in [0.4, 0.5) is 5.69 Å². The Kier molecular flexibility index (Phi) is 3.47. The first-order chi connectivity index (χ1) is 9.17. The summed E-state index contributed by atoms with van der Waals surface area (Å²) in [5.41, 5.74) is 6.17. The largest absolute Gasteiger partial charge is 0.379 e. The lowest BCUT2D eigenvalue weighted by Crippen LogP contribution is -2.93. The Labute approximate surface area is 117 Å². The Morgan fingerprint density at radius 2 is 2.11 bits per heavy atom. The maximum Gasteiger partial charge on any atom is 0.176 e. The molecule has 0 aliphatic carbocycles. The van der Waals surface area contributed by atoms with Crippen molar-refractivity contribution in [3.05, 3.63) is 41.2 Å². The van der Waals surface area contributed by atoms with Crippen LogP contribution in [0.15, 0.2) is 36.2 Å². The van der Waals surface area contributed by atoms with Gasteiger partial charge in [0.1, 0.15) is 5.60 Å². The molecule has 0 atom stereocenters. The number of hydrazine groups is 1. The number of quaternary nitrogens is 1. The molecule has 0 saturated carbocycles. The third-order valence-electron chi connectivity index (χ3n) is 3.68. The van der Waals surface area contributed by atoms with Gasteiger partial charge in [-0.1, -0.05) is 23.2 Å². The van der Waals surface area contributed by atoms with Gasteiger partial charge in [0.15, 0.2) is 5.70 Å². The predicted molar refractivity (Wildman–Crippen MR) is 74.1 cm³/mol. The molecule has 1 aromatic carbocycles. The lowest BCUT2D eigenvalue weighted by atomic mass is 9.89. The van der Waals surface area contributed by atoms with E-state index in [0.29, 0.717) is 5.02 Å². The molecule has 0 spiro atoms. The number of hydrogen-bond acceptors (Lipinski definition) is 4. The zero-order valence-electron chi connectivity index (χ0n) is 10.6. The number of rotatable bonds is 2. The van der Waals surface area contributed by atoms with E-state index < -0.39 is 5.60 Å². The van der Waals surface area contributed by atoms with Gasteiger partial charge in [0.05, 0.1) is 11.9 Å². The number of nitrogens with zero attached hydrogens (tertiary/aromatic N) is 1. The number of anilines is 1. The summed E-state index contributed by atoms with van der Waals surface area (Å²) < 4.78 is 0. The zero-order valence-corrected chi connectivity index (χ0v) is 11.3. The van der Waals surface area contributed by atoms with Crippen molar-refractivity contribution in [2.75, 3.05) is 18.1 Å². The molecule has 2 heterocycles. The van der Waals surface area contributed by atoms with Gasteiger partial charge in [-0.2, -0.15) is 0 Å². The van der Waals surface area contributed by atoms with Crippen molar-refractivity contribution in [1.29, 1.82) is 0 Å². The Morgan fingerprint density at radius 1 is 1.32 bits per heavy atom. The van der Waals surface area contributed by atoms with Crippen LogP contribution >= 0.6 is 11.6 Å². The summed E-state index contributed by atoms with van der Waals surface area (Å²) in [6.45, 7) is 1.69. The van der Waals surface area contributed by atoms with Crippen molar-refractivity contribution in [3.63, 3.8) is 0 Å². The van der Waals surface area contributed by atoms with Gasteiger partial charge in [0.25, 0.3) is 0 Å². The second-order valence-electron chi connectivity index (χ2n) is 4.99. The fourth-order valence-electron chi connectivity index (χ4n) is 2.51. The molecule has 1 fully saturated rings. The summed E-state index contributed by atoms with van der Waals surface area (Å²) in [7, 11) is 0. The van der Waals surface area contributed by atoms with Gasteiger partial charge < -0.3 is 10.4 Å². The van der Waals surface area contributed by atoms with Crippen LogP contribution < -0.4 is 21.3 Å². The molecule has 1 aromatic rings. The molecular formula is C13H18ClN4O+. The Morgan fingerprint density at radius 3 is 2.84 bits per heavy atom. The molecular weight excluding hydrogens is 264 g/mol. The minimum Gasteiger partial charge on any atom is -0.379 e. The van der Waals surface area contributed by atoms with Crippen LogP contribution in [-0.2, 0) is 0 Å². The van der Waals surface area contributed by atoms with Crippen LogP contribution in [0.5, 0.6) is 0 Å². The average molecular weight is 282 g/mol. The van der Waals surface area contributed by atoms with Crippen molar-refractivity contribution >= 4 is 17.3 Å². The van der Waals surface area contributed by atoms with Crippen LogP contribution in [0.3, 0.4) is 0 Å². The summed E-state index contributed by atoms with van der Waals surface area (Å²) >= 11 is 5.99. The number of nitrogens with one attached hydrogen (secondary N) is 2. The molecule has 102 valence electrons. The van der Waals surface area contributed by atoms with Gasteiger partial charge in [-0.3, -0.25) is 0 Å². The highest BCUT2D eigenvalue weighted by Crippen LogP contribution is 2.26. The third kappa shape index (κ3) is 2.61. The highest BCUT2D eigenvalue weighted by molar-refractivity contribution is 6.30.